The van der Waals surface area contributed by atoms with Gasteiger partial charge in [-0.15, -0.1) is 0 Å². The average molecular weight is 738 g/mol. The molecule has 0 spiro atoms. The van der Waals surface area contributed by atoms with Crippen molar-refractivity contribution in [1.82, 2.24) is 4.90 Å². The van der Waals surface area contributed by atoms with Gasteiger partial charge < -0.3 is 14.4 Å². The lowest BCUT2D eigenvalue weighted by Gasteiger charge is -2.21. The Morgan fingerprint density at radius 2 is 0.778 bits per heavy atom. The van der Waals surface area contributed by atoms with Crippen LogP contribution in [0, 0.1) is 0 Å². The fourth-order valence-electron chi connectivity index (χ4n) is 5.87. The molecule has 0 radical (unpaired) electrons. The van der Waals surface area contributed by atoms with Gasteiger partial charge in [-0.25, -0.2) is 0 Å². The van der Waals surface area contributed by atoms with E-state index in [-0.39, 0.29) is 6.10 Å². The summed E-state index contributed by atoms with van der Waals surface area (Å²) in [5, 5.41) is 0. The van der Waals surface area contributed by atoms with Crippen LogP contribution in [-0.4, -0.2) is 44.0 Å². The minimum absolute atomic E-state index is 0.0609. The maximum atomic E-state index is 6.41. The highest BCUT2D eigenvalue weighted by molar-refractivity contribution is 5.24. The molecule has 1 aliphatic rings. The molecule has 0 aliphatic carbocycles. The minimum atomic E-state index is -0.863. The van der Waals surface area contributed by atoms with Crippen molar-refractivity contribution in [2.24, 2.45) is 0 Å². The van der Waals surface area contributed by atoms with Crippen LogP contribution in [0.1, 0.15) is 136 Å². The second kappa shape index (κ2) is 38.1. The van der Waals surface area contributed by atoms with Crippen LogP contribution >= 0.6 is 0 Å². The SMILES string of the molecule is CCCCCCCCCCC=CC=CC=CC=CC=CC=CC1(C=CC=CC=CC=CC=CC=CCCCCCCCCCC)OCC(CCN(C)C)O1. The Kier molecular flexibility index (Phi) is 34.4. The van der Waals surface area contributed by atoms with Crippen molar-refractivity contribution in [1.29, 1.82) is 0 Å². The quantitative estimate of drug-likeness (QED) is 0.0494. The summed E-state index contributed by atoms with van der Waals surface area (Å²) in [5.74, 6) is -0.863. The number of hydrogen-bond donors (Lipinski definition) is 0. The Morgan fingerprint density at radius 3 is 1.15 bits per heavy atom. The summed E-state index contributed by atoms with van der Waals surface area (Å²) in [6, 6.07) is 0. The van der Waals surface area contributed by atoms with Gasteiger partial charge in [-0.2, -0.15) is 0 Å². The van der Waals surface area contributed by atoms with E-state index in [9.17, 15) is 0 Å². The third-order valence-corrected chi connectivity index (χ3v) is 9.12. The van der Waals surface area contributed by atoms with Crippen molar-refractivity contribution in [3.05, 3.63) is 146 Å². The van der Waals surface area contributed by atoms with E-state index >= 15 is 0 Å². The van der Waals surface area contributed by atoms with Gasteiger partial charge in [0.2, 0.25) is 5.79 Å². The van der Waals surface area contributed by atoms with Crippen LogP contribution in [0.3, 0.4) is 0 Å². The predicted octanol–water partition coefficient (Wildman–Crippen LogP) is 14.8. The number of rotatable bonds is 33. The molecule has 0 N–H and O–H groups in total. The second-order valence-corrected chi connectivity index (χ2v) is 14.5. The Bertz CT molecular complexity index is 1140. The molecule has 1 aliphatic heterocycles. The van der Waals surface area contributed by atoms with E-state index in [4.69, 9.17) is 9.47 Å². The molecule has 300 valence electrons. The van der Waals surface area contributed by atoms with Gasteiger partial charge in [0.05, 0.1) is 12.7 Å². The van der Waals surface area contributed by atoms with Gasteiger partial charge >= 0.3 is 0 Å². The fraction of sp³-hybridized carbons (Fsp3) is 0.529. The summed E-state index contributed by atoms with van der Waals surface area (Å²) in [5.41, 5.74) is 0. The standard InChI is InChI=1S/C51H79NO2/c1-5-7-9-11-13-15-17-19-21-23-25-27-29-31-33-35-37-39-41-43-46-51(53-49-50(54-51)45-48-52(3)4)47-44-42-40-38-36-34-32-30-28-26-24-22-20-18-16-14-12-10-8-6-2/h23-44,46-47,50H,5-22,45,48-49H2,1-4H3. The first-order valence-corrected chi connectivity index (χ1v) is 21.6. The normalized spacial score (nSPS) is 19.2. The highest BCUT2D eigenvalue weighted by Crippen LogP contribution is 2.29. The highest BCUT2D eigenvalue weighted by atomic mass is 16.7. The van der Waals surface area contributed by atoms with Crippen LogP contribution in [0.4, 0.5) is 0 Å². The molecule has 1 rings (SSSR count). The highest BCUT2D eigenvalue weighted by Gasteiger charge is 2.36. The Labute approximate surface area is 334 Å². The van der Waals surface area contributed by atoms with Crippen LogP contribution < -0.4 is 0 Å². The van der Waals surface area contributed by atoms with Gasteiger partial charge in [0.25, 0.3) is 0 Å². The zero-order chi connectivity index (χ0) is 38.9. The summed E-state index contributed by atoms with van der Waals surface area (Å²) in [6.45, 7) is 6.09. The van der Waals surface area contributed by atoms with Gasteiger partial charge in [-0.05, 0) is 58.4 Å². The lowest BCUT2D eigenvalue weighted by molar-refractivity contribution is -0.0901. The molecular formula is C51H79NO2. The third kappa shape index (κ3) is 32.2. The molecule has 3 heteroatoms. The molecule has 0 aromatic carbocycles. The van der Waals surface area contributed by atoms with Crippen LogP contribution in [0.25, 0.3) is 0 Å². The Hall–Kier alpha value is -3.24. The molecule has 0 saturated carbocycles. The van der Waals surface area contributed by atoms with E-state index < -0.39 is 5.79 Å². The van der Waals surface area contributed by atoms with Gasteiger partial charge in [0.1, 0.15) is 0 Å². The van der Waals surface area contributed by atoms with Crippen molar-refractivity contribution in [3.8, 4) is 0 Å². The number of ether oxygens (including phenoxy) is 2. The number of allylic oxidation sites excluding steroid dienone is 22. The molecule has 0 amide bonds. The topological polar surface area (TPSA) is 21.7 Å². The smallest absolute Gasteiger partial charge is 0.208 e. The van der Waals surface area contributed by atoms with Crippen LogP contribution in [0.5, 0.6) is 0 Å². The molecule has 1 atom stereocenters. The first-order chi connectivity index (χ1) is 26.6. The first kappa shape index (κ1) is 48.8. The summed E-state index contributed by atoms with van der Waals surface area (Å²) in [4.78, 5) is 2.18. The van der Waals surface area contributed by atoms with E-state index in [1.54, 1.807) is 0 Å². The van der Waals surface area contributed by atoms with E-state index in [0.29, 0.717) is 6.61 Å². The summed E-state index contributed by atoms with van der Waals surface area (Å²) < 4.78 is 12.6. The van der Waals surface area contributed by atoms with Crippen molar-refractivity contribution in [2.45, 2.75) is 148 Å². The summed E-state index contributed by atoms with van der Waals surface area (Å²) in [6.07, 6.45) is 74.9. The van der Waals surface area contributed by atoms with E-state index in [0.717, 1.165) is 13.0 Å². The maximum Gasteiger partial charge on any atom is 0.208 e. The molecule has 1 fully saturated rings. The Morgan fingerprint density at radius 1 is 0.444 bits per heavy atom. The van der Waals surface area contributed by atoms with Crippen LogP contribution in [0.2, 0.25) is 0 Å². The van der Waals surface area contributed by atoms with Gasteiger partial charge in [-0.1, -0.05) is 237 Å². The van der Waals surface area contributed by atoms with Crippen molar-refractivity contribution < 1.29 is 9.47 Å². The van der Waals surface area contributed by atoms with Crippen LogP contribution in [-0.2, 0) is 9.47 Å². The van der Waals surface area contributed by atoms with Crippen molar-refractivity contribution >= 4 is 0 Å². The third-order valence-electron chi connectivity index (χ3n) is 9.12. The molecule has 3 nitrogen and oxygen atoms in total. The van der Waals surface area contributed by atoms with Crippen molar-refractivity contribution in [2.75, 3.05) is 27.2 Å². The van der Waals surface area contributed by atoms with Crippen molar-refractivity contribution in [3.63, 3.8) is 0 Å². The summed E-state index contributed by atoms with van der Waals surface area (Å²) in [7, 11) is 4.17. The number of hydrogen-bond acceptors (Lipinski definition) is 3. The second-order valence-electron chi connectivity index (χ2n) is 14.5. The zero-order valence-electron chi connectivity index (χ0n) is 35.0. The predicted molar refractivity (Wildman–Crippen MR) is 241 cm³/mol. The largest absolute Gasteiger partial charge is 0.340 e. The average Bonchev–Trinajstić information content (AvgIpc) is 3.58. The molecule has 0 bridgehead atoms. The minimum Gasteiger partial charge on any atom is -0.340 e. The number of unbranched alkanes of at least 4 members (excludes halogenated alkanes) is 16. The van der Waals surface area contributed by atoms with Gasteiger partial charge in [0, 0.05) is 6.54 Å². The molecular weight excluding hydrogens is 659 g/mol. The van der Waals surface area contributed by atoms with Crippen LogP contribution in [0.15, 0.2) is 146 Å². The van der Waals surface area contributed by atoms with E-state index in [2.05, 4.69) is 93.6 Å². The monoisotopic (exact) mass is 738 g/mol. The fourth-order valence-corrected chi connectivity index (χ4v) is 5.87. The molecule has 1 saturated heterocycles. The molecule has 54 heavy (non-hydrogen) atoms. The van der Waals surface area contributed by atoms with E-state index in [1.807, 2.05) is 85.1 Å². The number of nitrogens with zero attached hydrogens (tertiary/aromatic N) is 1. The van der Waals surface area contributed by atoms with Gasteiger partial charge in [-0.3, -0.25) is 0 Å². The lowest BCUT2D eigenvalue weighted by Crippen LogP contribution is -2.27. The Balaban J connectivity index is 2.43. The molecule has 0 aromatic heterocycles. The molecule has 1 heterocycles. The maximum absolute atomic E-state index is 6.41. The molecule has 0 aromatic rings. The first-order valence-electron chi connectivity index (χ1n) is 21.6. The van der Waals surface area contributed by atoms with Gasteiger partial charge in [0.15, 0.2) is 0 Å². The summed E-state index contributed by atoms with van der Waals surface area (Å²) >= 11 is 0. The van der Waals surface area contributed by atoms with E-state index in [1.165, 1.54) is 116 Å². The lowest BCUT2D eigenvalue weighted by atomic mass is 10.1. The molecule has 1 unspecified atom stereocenters. The zero-order valence-corrected chi connectivity index (χ0v) is 35.0.